The van der Waals surface area contributed by atoms with Crippen molar-refractivity contribution in [1.29, 1.82) is 0 Å². The Bertz CT molecular complexity index is 155. The zero-order valence-electron chi connectivity index (χ0n) is 7.05. The van der Waals surface area contributed by atoms with Crippen LogP contribution in [-0.2, 0) is 4.79 Å². The smallest absolute Gasteiger partial charge is 0.220 e. The first-order chi connectivity index (χ1) is 5.74. The summed E-state index contributed by atoms with van der Waals surface area (Å²) in [5.74, 6) is 0.585. The highest BCUT2D eigenvalue weighted by atomic mass is 35.5. The molecule has 3 nitrogen and oxygen atoms in total. The van der Waals surface area contributed by atoms with Crippen molar-refractivity contribution in [2.75, 3.05) is 6.54 Å². The highest BCUT2D eigenvalue weighted by Crippen LogP contribution is 2.27. The van der Waals surface area contributed by atoms with Gasteiger partial charge in [-0.25, -0.2) is 4.84 Å². The van der Waals surface area contributed by atoms with E-state index in [-0.39, 0.29) is 11.8 Å². The number of hydrogen-bond acceptors (Lipinski definition) is 2. The van der Waals surface area contributed by atoms with E-state index in [0.29, 0.717) is 5.92 Å². The zero-order valence-corrected chi connectivity index (χ0v) is 7.81. The summed E-state index contributed by atoms with van der Waals surface area (Å²) in [7, 11) is 0. The average Bonchev–Trinajstić information content (AvgIpc) is 2.06. The monoisotopic (exact) mass is 190 g/mol. The van der Waals surface area contributed by atoms with E-state index in [1.165, 1.54) is 0 Å². The molecule has 0 aromatic heterocycles. The Balaban J connectivity index is 2.25. The summed E-state index contributed by atoms with van der Waals surface area (Å²) in [4.78, 5) is 13.4. The van der Waals surface area contributed by atoms with Crippen molar-refractivity contribution in [1.82, 2.24) is 4.84 Å². The van der Waals surface area contributed by atoms with Crippen LogP contribution in [0.4, 0.5) is 0 Å². The fourth-order valence-electron chi connectivity index (χ4n) is 1.76. The molecule has 1 rings (SSSR count). The predicted molar refractivity (Wildman–Crippen MR) is 48.5 cm³/mol. The minimum atomic E-state index is -0.146. The molecule has 4 heteroatoms. The fraction of sp³-hybridized carbons (Fsp3) is 0.875. The second-order valence-corrected chi connectivity index (χ2v) is 3.73. The molecule has 1 aliphatic rings. The van der Waals surface area contributed by atoms with E-state index < -0.39 is 0 Å². The maximum absolute atomic E-state index is 10.8. The quantitative estimate of drug-likeness (QED) is 0.653. The van der Waals surface area contributed by atoms with Crippen LogP contribution >= 0.6 is 11.8 Å². The largest absolute Gasteiger partial charge is 0.369 e. The molecule has 0 aromatic rings. The van der Waals surface area contributed by atoms with Gasteiger partial charge in [0.05, 0.1) is 0 Å². The van der Waals surface area contributed by atoms with E-state index in [1.54, 1.807) is 0 Å². The summed E-state index contributed by atoms with van der Waals surface area (Å²) in [6.45, 7) is 0.840. The van der Waals surface area contributed by atoms with Crippen LogP contribution in [0.3, 0.4) is 0 Å². The fourth-order valence-corrected chi connectivity index (χ4v) is 1.98. The third-order valence-electron chi connectivity index (χ3n) is 2.61. The van der Waals surface area contributed by atoms with Crippen molar-refractivity contribution < 1.29 is 4.79 Å². The molecule has 0 bridgehead atoms. The van der Waals surface area contributed by atoms with Gasteiger partial charge >= 0.3 is 0 Å². The molecule has 3 N–H and O–H groups in total. The SMILES string of the molecule is NC(=O)C1CCC(CNCl)CC1. The van der Waals surface area contributed by atoms with Gasteiger partial charge in [0, 0.05) is 12.5 Å². The summed E-state index contributed by atoms with van der Waals surface area (Å²) in [6.07, 6.45) is 3.98. The molecule has 0 aliphatic heterocycles. The average molecular weight is 191 g/mol. The summed E-state index contributed by atoms with van der Waals surface area (Å²) in [5.41, 5.74) is 5.21. The number of hydrogen-bond donors (Lipinski definition) is 2. The van der Waals surface area contributed by atoms with Gasteiger partial charge < -0.3 is 5.73 Å². The second kappa shape index (κ2) is 4.67. The lowest BCUT2D eigenvalue weighted by atomic mass is 9.82. The molecule has 1 fully saturated rings. The molecule has 0 radical (unpaired) electrons. The Labute approximate surface area is 77.8 Å². The van der Waals surface area contributed by atoms with Crippen LogP contribution in [0.2, 0.25) is 0 Å². The Kier molecular flexibility index (Phi) is 3.82. The molecule has 0 atom stereocenters. The van der Waals surface area contributed by atoms with Gasteiger partial charge in [-0.3, -0.25) is 4.79 Å². The first-order valence-electron chi connectivity index (χ1n) is 4.37. The van der Waals surface area contributed by atoms with Crippen LogP contribution in [0.1, 0.15) is 25.7 Å². The Morgan fingerprint density at radius 2 is 2.00 bits per heavy atom. The highest BCUT2D eigenvalue weighted by molar-refractivity contribution is 6.13. The third-order valence-corrected chi connectivity index (χ3v) is 2.77. The summed E-state index contributed by atoms with van der Waals surface area (Å²) >= 11 is 5.39. The van der Waals surface area contributed by atoms with Crippen molar-refractivity contribution >= 4 is 17.7 Å². The van der Waals surface area contributed by atoms with E-state index in [2.05, 4.69) is 4.84 Å². The van der Waals surface area contributed by atoms with Gasteiger partial charge in [0.25, 0.3) is 0 Å². The Hall–Kier alpha value is -0.280. The van der Waals surface area contributed by atoms with Crippen LogP contribution in [0.15, 0.2) is 0 Å². The Morgan fingerprint density at radius 3 is 2.42 bits per heavy atom. The lowest BCUT2D eigenvalue weighted by Crippen LogP contribution is -2.29. The van der Waals surface area contributed by atoms with Crippen LogP contribution in [0, 0.1) is 11.8 Å². The number of carbonyl (C=O) groups excluding carboxylic acids is 1. The van der Waals surface area contributed by atoms with E-state index in [0.717, 1.165) is 32.2 Å². The number of nitrogens with one attached hydrogen (secondary N) is 1. The molecule has 0 aromatic carbocycles. The van der Waals surface area contributed by atoms with Crippen LogP contribution in [0.5, 0.6) is 0 Å². The first kappa shape index (κ1) is 9.81. The number of primary amides is 1. The minimum absolute atomic E-state index is 0.108. The van der Waals surface area contributed by atoms with Crippen molar-refractivity contribution in [3.8, 4) is 0 Å². The van der Waals surface area contributed by atoms with Gasteiger partial charge in [0.15, 0.2) is 0 Å². The molecule has 0 unspecified atom stereocenters. The summed E-state index contributed by atoms with van der Waals surface area (Å²) in [6, 6.07) is 0. The maximum atomic E-state index is 10.8. The van der Waals surface area contributed by atoms with Crippen LogP contribution < -0.4 is 10.6 Å². The molecule has 1 saturated carbocycles. The molecule has 0 spiro atoms. The van der Waals surface area contributed by atoms with Gasteiger partial charge in [0.1, 0.15) is 0 Å². The molecule has 1 amide bonds. The maximum Gasteiger partial charge on any atom is 0.220 e. The van der Waals surface area contributed by atoms with Crippen LogP contribution in [0.25, 0.3) is 0 Å². The van der Waals surface area contributed by atoms with Crippen molar-refractivity contribution in [2.45, 2.75) is 25.7 Å². The van der Waals surface area contributed by atoms with Crippen LogP contribution in [-0.4, -0.2) is 12.5 Å². The third kappa shape index (κ3) is 2.64. The predicted octanol–water partition coefficient (Wildman–Crippen LogP) is 1.02. The second-order valence-electron chi connectivity index (χ2n) is 3.46. The number of nitrogens with two attached hydrogens (primary N) is 1. The molecule has 12 heavy (non-hydrogen) atoms. The molecule has 0 heterocycles. The molecular weight excluding hydrogens is 176 g/mol. The van der Waals surface area contributed by atoms with Gasteiger partial charge in [-0.1, -0.05) is 0 Å². The van der Waals surface area contributed by atoms with Crippen molar-refractivity contribution in [3.63, 3.8) is 0 Å². The van der Waals surface area contributed by atoms with Gasteiger partial charge in [-0.15, -0.1) is 0 Å². The standard InChI is InChI=1S/C8H15ClN2O/c9-11-5-6-1-3-7(4-2-6)8(10)12/h6-7,11H,1-5H2,(H2,10,12). The highest BCUT2D eigenvalue weighted by Gasteiger charge is 2.23. The summed E-state index contributed by atoms with van der Waals surface area (Å²) in [5, 5.41) is 0. The zero-order chi connectivity index (χ0) is 8.97. The summed E-state index contributed by atoms with van der Waals surface area (Å²) < 4.78 is 0. The lowest BCUT2D eigenvalue weighted by Gasteiger charge is -2.25. The first-order valence-corrected chi connectivity index (χ1v) is 4.74. The lowest BCUT2D eigenvalue weighted by molar-refractivity contribution is -0.122. The normalized spacial score (nSPS) is 30.1. The molecule has 0 saturated heterocycles. The van der Waals surface area contributed by atoms with Gasteiger partial charge in [-0.05, 0) is 43.4 Å². The van der Waals surface area contributed by atoms with Gasteiger partial charge in [-0.2, -0.15) is 0 Å². The molecule has 70 valence electrons. The Morgan fingerprint density at radius 1 is 1.42 bits per heavy atom. The number of rotatable bonds is 3. The van der Waals surface area contributed by atoms with Crippen molar-refractivity contribution in [3.05, 3.63) is 0 Å². The molecule has 1 aliphatic carbocycles. The van der Waals surface area contributed by atoms with E-state index >= 15 is 0 Å². The van der Waals surface area contributed by atoms with Gasteiger partial charge in [0.2, 0.25) is 5.91 Å². The van der Waals surface area contributed by atoms with E-state index in [1.807, 2.05) is 0 Å². The topological polar surface area (TPSA) is 55.1 Å². The van der Waals surface area contributed by atoms with E-state index in [9.17, 15) is 4.79 Å². The number of halogens is 1. The minimum Gasteiger partial charge on any atom is -0.369 e. The number of amides is 1. The number of carbonyl (C=O) groups is 1. The molecular formula is C8H15ClN2O. The van der Waals surface area contributed by atoms with Crippen molar-refractivity contribution in [2.24, 2.45) is 17.6 Å². The van der Waals surface area contributed by atoms with E-state index in [4.69, 9.17) is 17.5 Å².